The molecule has 2 atom stereocenters. The molecule has 0 saturated carbocycles. The van der Waals surface area contributed by atoms with E-state index in [9.17, 15) is 18.0 Å². The van der Waals surface area contributed by atoms with Gasteiger partial charge in [-0.25, -0.2) is 13.2 Å². The van der Waals surface area contributed by atoms with Crippen LogP contribution >= 0.6 is 0 Å². The van der Waals surface area contributed by atoms with Gasteiger partial charge in [-0.05, 0) is 32.1 Å². The lowest BCUT2D eigenvalue weighted by molar-refractivity contribution is -0.138. The molecule has 0 radical (unpaired) electrons. The molecule has 2 rings (SSSR count). The minimum Gasteiger partial charge on any atom is -0.481 e. The van der Waals surface area contributed by atoms with E-state index in [-0.39, 0.29) is 30.8 Å². The fourth-order valence-electron chi connectivity index (χ4n) is 3.07. The van der Waals surface area contributed by atoms with Crippen LogP contribution in [0.1, 0.15) is 38.5 Å². The Balaban J connectivity index is 1.90. The Kier molecular flexibility index (Phi) is 5.08. The second-order valence-corrected chi connectivity index (χ2v) is 8.16. The summed E-state index contributed by atoms with van der Waals surface area (Å²) in [5.41, 5.74) is 0. The number of carbonyl (C=O) groups is 2. The average Bonchev–Trinajstić information content (AvgIpc) is 2.75. The highest BCUT2D eigenvalue weighted by atomic mass is 32.2. The van der Waals surface area contributed by atoms with Crippen molar-refractivity contribution in [3.05, 3.63) is 0 Å². The lowest BCUT2D eigenvalue weighted by Crippen LogP contribution is -2.50. The first-order valence-corrected chi connectivity index (χ1v) is 9.09. The second kappa shape index (κ2) is 6.64. The highest BCUT2D eigenvalue weighted by molar-refractivity contribution is 7.92. The molecule has 2 N–H and O–H groups in total. The summed E-state index contributed by atoms with van der Waals surface area (Å²) in [5, 5.41) is 11.1. The number of hydrogen-bond acceptors (Lipinski definition) is 4. The highest BCUT2D eigenvalue weighted by Crippen LogP contribution is 2.21. The smallest absolute Gasteiger partial charge is 0.317 e. The predicted molar refractivity (Wildman–Crippen MR) is 76.8 cm³/mol. The molecule has 2 aliphatic heterocycles. The number of urea groups is 1. The molecule has 2 aliphatic rings. The van der Waals surface area contributed by atoms with E-state index >= 15 is 0 Å². The highest BCUT2D eigenvalue weighted by Gasteiger charge is 2.33. The molecule has 0 bridgehead atoms. The molecule has 2 saturated heterocycles. The number of aliphatic carboxylic acids is 1. The minimum atomic E-state index is -3.07. The van der Waals surface area contributed by atoms with Gasteiger partial charge in [0.05, 0.1) is 17.4 Å². The number of nitrogens with zero attached hydrogens (tertiary/aromatic N) is 1. The van der Waals surface area contributed by atoms with Gasteiger partial charge in [-0.15, -0.1) is 0 Å². The van der Waals surface area contributed by atoms with Crippen LogP contribution in [0.5, 0.6) is 0 Å². The first-order valence-electron chi connectivity index (χ1n) is 7.38. The molecule has 0 aromatic heterocycles. The Hall–Kier alpha value is -1.31. The Labute approximate surface area is 124 Å². The maximum absolute atomic E-state index is 12.2. The van der Waals surface area contributed by atoms with Crippen LogP contribution in [0.15, 0.2) is 0 Å². The fourth-order valence-corrected chi connectivity index (χ4v) is 4.84. The van der Waals surface area contributed by atoms with Crippen LogP contribution in [-0.2, 0) is 14.6 Å². The Morgan fingerprint density at radius 3 is 2.57 bits per heavy atom. The van der Waals surface area contributed by atoms with Gasteiger partial charge in [0.2, 0.25) is 0 Å². The maximum Gasteiger partial charge on any atom is 0.317 e. The lowest BCUT2D eigenvalue weighted by Gasteiger charge is -2.35. The SMILES string of the molecule is O=C(O)CC1CCCCN1C(=O)NCC1CCCS1(=O)=O. The van der Waals surface area contributed by atoms with E-state index in [0.29, 0.717) is 25.8 Å². The molecule has 2 fully saturated rings. The quantitative estimate of drug-likeness (QED) is 0.790. The summed E-state index contributed by atoms with van der Waals surface area (Å²) in [5.74, 6) is -0.725. The van der Waals surface area contributed by atoms with Crippen molar-refractivity contribution in [3.63, 3.8) is 0 Å². The van der Waals surface area contributed by atoms with E-state index < -0.39 is 21.1 Å². The van der Waals surface area contributed by atoms with Crippen LogP contribution in [0.25, 0.3) is 0 Å². The number of carboxylic acid groups (broad SMARTS) is 1. The molecule has 21 heavy (non-hydrogen) atoms. The van der Waals surface area contributed by atoms with Gasteiger partial charge in [-0.3, -0.25) is 4.79 Å². The summed E-state index contributed by atoms with van der Waals surface area (Å²) < 4.78 is 23.4. The summed E-state index contributed by atoms with van der Waals surface area (Å²) in [4.78, 5) is 24.6. The number of carboxylic acids is 1. The first-order chi connectivity index (χ1) is 9.90. The van der Waals surface area contributed by atoms with E-state index in [1.54, 1.807) is 4.90 Å². The standard InChI is InChI=1S/C13H22N2O5S/c16-12(17)8-10-4-1-2-6-15(10)13(18)14-9-11-5-3-7-21(11,19)20/h10-11H,1-9H2,(H,14,18)(H,16,17). The third-order valence-electron chi connectivity index (χ3n) is 4.24. The Bertz CT molecular complexity index is 505. The number of nitrogens with one attached hydrogen (secondary N) is 1. The normalized spacial score (nSPS) is 28.3. The molecular formula is C13H22N2O5S. The maximum atomic E-state index is 12.2. The van der Waals surface area contributed by atoms with Crippen molar-refractivity contribution in [2.75, 3.05) is 18.8 Å². The third-order valence-corrected chi connectivity index (χ3v) is 6.52. The van der Waals surface area contributed by atoms with Crippen LogP contribution in [-0.4, -0.2) is 60.6 Å². The molecule has 7 nitrogen and oxygen atoms in total. The van der Waals surface area contributed by atoms with Crippen LogP contribution in [0.4, 0.5) is 4.79 Å². The van der Waals surface area contributed by atoms with Gasteiger partial charge < -0.3 is 15.3 Å². The van der Waals surface area contributed by atoms with Crippen molar-refractivity contribution in [1.82, 2.24) is 10.2 Å². The fraction of sp³-hybridized carbons (Fsp3) is 0.846. The number of rotatable bonds is 4. The molecule has 0 aliphatic carbocycles. The Morgan fingerprint density at radius 1 is 1.19 bits per heavy atom. The van der Waals surface area contributed by atoms with Gasteiger partial charge in [0.25, 0.3) is 0 Å². The number of amides is 2. The van der Waals surface area contributed by atoms with Crippen LogP contribution in [0, 0.1) is 0 Å². The van der Waals surface area contributed by atoms with Gasteiger partial charge in [0, 0.05) is 19.1 Å². The van der Waals surface area contributed by atoms with E-state index in [1.807, 2.05) is 0 Å². The van der Waals surface area contributed by atoms with E-state index in [2.05, 4.69) is 5.32 Å². The zero-order valence-corrected chi connectivity index (χ0v) is 12.8. The van der Waals surface area contributed by atoms with Crippen LogP contribution < -0.4 is 5.32 Å². The molecule has 0 aromatic carbocycles. The summed E-state index contributed by atoms with van der Waals surface area (Å²) in [7, 11) is -3.07. The van der Waals surface area contributed by atoms with Crippen molar-refractivity contribution < 1.29 is 23.1 Å². The van der Waals surface area contributed by atoms with Crippen molar-refractivity contribution in [2.45, 2.75) is 49.8 Å². The minimum absolute atomic E-state index is 0.0604. The van der Waals surface area contributed by atoms with Crippen molar-refractivity contribution in [2.24, 2.45) is 0 Å². The average molecular weight is 318 g/mol. The number of piperidine rings is 1. The van der Waals surface area contributed by atoms with Gasteiger partial charge in [-0.2, -0.15) is 0 Å². The van der Waals surface area contributed by atoms with Crippen LogP contribution in [0.3, 0.4) is 0 Å². The summed E-state index contributed by atoms with van der Waals surface area (Å²) in [6, 6.07) is -0.639. The van der Waals surface area contributed by atoms with E-state index in [4.69, 9.17) is 5.11 Å². The number of carbonyl (C=O) groups excluding carboxylic acids is 1. The lowest BCUT2D eigenvalue weighted by atomic mass is 10.00. The second-order valence-electron chi connectivity index (χ2n) is 5.76. The predicted octanol–water partition coefficient (Wildman–Crippen LogP) is 0.602. The molecule has 2 heterocycles. The Morgan fingerprint density at radius 2 is 1.95 bits per heavy atom. The zero-order chi connectivity index (χ0) is 15.5. The molecule has 2 unspecified atom stereocenters. The van der Waals surface area contributed by atoms with E-state index in [1.165, 1.54) is 0 Å². The first kappa shape index (κ1) is 16.1. The molecule has 120 valence electrons. The monoisotopic (exact) mass is 318 g/mol. The molecule has 0 spiro atoms. The molecular weight excluding hydrogens is 296 g/mol. The van der Waals surface area contributed by atoms with Crippen molar-refractivity contribution in [1.29, 1.82) is 0 Å². The van der Waals surface area contributed by atoms with E-state index in [0.717, 1.165) is 12.8 Å². The largest absolute Gasteiger partial charge is 0.481 e. The summed E-state index contributed by atoms with van der Waals surface area (Å²) in [6.07, 6.45) is 3.62. The van der Waals surface area contributed by atoms with Crippen molar-refractivity contribution >= 4 is 21.8 Å². The summed E-state index contributed by atoms with van der Waals surface area (Å²) >= 11 is 0. The van der Waals surface area contributed by atoms with Gasteiger partial charge >= 0.3 is 12.0 Å². The molecule has 2 amide bonds. The summed E-state index contributed by atoms with van der Waals surface area (Å²) in [6.45, 7) is 0.651. The van der Waals surface area contributed by atoms with Gasteiger partial charge in [-0.1, -0.05) is 0 Å². The zero-order valence-electron chi connectivity index (χ0n) is 12.0. The van der Waals surface area contributed by atoms with Crippen LogP contribution in [0.2, 0.25) is 0 Å². The number of likely N-dealkylation sites (tertiary alicyclic amines) is 1. The topological polar surface area (TPSA) is 104 Å². The van der Waals surface area contributed by atoms with Crippen molar-refractivity contribution in [3.8, 4) is 0 Å². The van der Waals surface area contributed by atoms with Gasteiger partial charge in [0.15, 0.2) is 9.84 Å². The molecule has 8 heteroatoms. The van der Waals surface area contributed by atoms with Gasteiger partial charge in [0.1, 0.15) is 0 Å². The number of hydrogen-bond donors (Lipinski definition) is 2. The molecule has 0 aromatic rings. The third kappa shape index (κ3) is 4.09. The number of sulfone groups is 1.